The quantitative estimate of drug-likeness (QED) is 0.349. The van der Waals surface area contributed by atoms with Crippen molar-refractivity contribution in [3.8, 4) is 11.5 Å². The molecule has 2 aliphatic heterocycles. The highest BCUT2D eigenvalue weighted by Crippen LogP contribution is 2.47. The lowest BCUT2D eigenvalue weighted by atomic mass is 9.85. The number of likely N-dealkylation sites (tertiary alicyclic amines) is 1. The van der Waals surface area contributed by atoms with Crippen molar-refractivity contribution < 1.29 is 33.4 Å². The second kappa shape index (κ2) is 9.59. The molecule has 5 rings (SSSR count). The topological polar surface area (TPSA) is 111 Å². The van der Waals surface area contributed by atoms with Gasteiger partial charge in [-0.15, -0.1) is 0 Å². The molecule has 1 saturated heterocycles. The molecule has 2 heterocycles. The Morgan fingerprint density at radius 2 is 1.69 bits per heavy atom. The Balaban J connectivity index is 1.20. The number of fused-ring (bicyclic) bond motifs is 2. The van der Waals surface area contributed by atoms with Gasteiger partial charge >= 0.3 is 5.97 Å². The first-order valence-corrected chi connectivity index (χ1v) is 12.8. The van der Waals surface area contributed by atoms with E-state index < -0.39 is 42.1 Å². The van der Waals surface area contributed by atoms with Crippen LogP contribution >= 0.6 is 0 Å². The summed E-state index contributed by atoms with van der Waals surface area (Å²) in [7, 11) is 0. The Morgan fingerprint density at radius 3 is 2.33 bits per heavy atom. The molecule has 3 amide bonds. The van der Waals surface area contributed by atoms with Crippen molar-refractivity contribution in [3.63, 3.8) is 0 Å². The zero-order valence-electron chi connectivity index (χ0n) is 20.7. The molecule has 1 spiro atoms. The average Bonchev–Trinajstić information content (AvgIpc) is 3.52. The van der Waals surface area contributed by atoms with Gasteiger partial charge < -0.3 is 19.5 Å². The van der Waals surface area contributed by atoms with Gasteiger partial charge in [0.1, 0.15) is 6.04 Å². The summed E-state index contributed by atoms with van der Waals surface area (Å²) in [6.45, 7) is 3.28. The number of nitrogens with zero attached hydrogens (tertiary/aromatic N) is 1. The van der Waals surface area contributed by atoms with Crippen molar-refractivity contribution >= 4 is 29.4 Å². The van der Waals surface area contributed by atoms with Gasteiger partial charge in [0.25, 0.3) is 11.7 Å². The maximum atomic E-state index is 13.0. The fourth-order valence-corrected chi connectivity index (χ4v) is 5.61. The molecule has 0 bridgehead atoms. The Morgan fingerprint density at radius 1 is 1.06 bits per heavy atom. The monoisotopic (exact) mass is 496 g/mol. The van der Waals surface area contributed by atoms with Crippen LogP contribution in [-0.4, -0.2) is 47.0 Å². The number of nitrogens with one attached hydrogen (secondary N) is 1. The van der Waals surface area contributed by atoms with Crippen LogP contribution in [0.15, 0.2) is 30.4 Å². The van der Waals surface area contributed by atoms with E-state index in [0.29, 0.717) is 30.0 Å². The van der Waals surface area contributed by atoms with Gasteiger partial charge in [-0.1, -0.05) is 26.0 Å². The van der Waals surface area contributed by atoms with E-state index in [2.05, 4.69) is 5.32 Å². The maximum absolute atomic E-state index is 13.0. The second-order valence-electron chi connectivity index (χ2n) is 10.5. The number of ether oxygens (including phenoxy) is 3. The number of anilines is 1. The van der Waals surface area contributed by atoms with E-state index in [4.69, 9.17) is 14.2 Å². The highest BCUT2D eigenvalue weighted by Gasteiger charge is 2.51. The van der Waals surface area contributed by atoms with E-state index in [1.165, 1.54) is 0 Å². The molecule has 9 nitrogen and oxygen atoms in total. The number of esters is 1. The van der Waals surface area contributed by atoms with Gasteiger partial charge in [-0.05, 0) is 50.2 Å². The van der Waals surface area contributed by atoms with Crippen molar-refractivity contribution in [1.29, 1.82) is 0 Å². The van der Waals surface area contributed by atoms with Gasteiger partial charge in [0.05, 0.1) is 11.8 Å². The van der Waals surface area contributed by atoms with E-state index in [1.807, 2.05) is 26.0 Å². The molecule has 1 saturated carbocycles. The maximum Gasteiger partial charge on any atom is 0.329 e. The minimum atomic E-state index is -1.04. The van der Waals surface area contributed by atoms with Crippen LogP contribution in [-0.2, 0) is 23.9 Å². The number of rotatable bonds is 7. The number of imide groups is 1. The molecule has 0 aromatic heterocycles. The van der Waals surface area contributed by atoms with Crippen molar-refractivity contribution in [1.82, 2.24) is 4.90 Å². The summed E-state index contributed by atoms with van der Waals surface area (Å²) in [6.07, 6.45) is 8.82. The third-order valence-electron chi connectivity index (χ3n) is 7.35. The molecule has 1 N–H and O–H groups in total. The van der Waals surface area contributed by atoms with Crippen molar-refractivity contribution in [2.24, 2.45) is 17.8 Å². The van der Waals surface area contributed by atoms with Crippen LogP contribution < -0.4 is 14.8 Å². The van der Waals surface area contributed by atoms with Crippen molar-refractivity contribution in [3.05, 3.63) is 30.4 Å². The van der Waals surface area contributed by atoms with Gasteiger partial charge in [-0.2, -0.15) is 0 Å². The fourth-order valence-electron chi connectivity index (χ4n) is 5.61. The first-order valence-electron chi connectivity index (χ1n) is 12.8. The van der Waals surface area contributed by atoms with E-state index in [9.17, 15) is 19.2 Å². The molecule has 2 aliphatic carbocycles. The predicted octanol–water partition coefficient (Wildman–Crippen LogP) is 3.58. The predicted molar refractivity (Wildman–Crippen MR) is 129 cm³/mol. The number of carbonyl (C=O) groups is 4. The average molecular weight is 497 g/mol. The summed E-state index contributed by atoms with van der Waals surface area (Å²) in [4.78, 5) is 52.7. The highest BCUT2D eigenvalue weighted by atomic mass is 16.7. The minimum absolute atomic E-state index is 0.0366. The number of carbonyl (C=O) groups excluding carboxylic acids is 4. The zero-order valence-corrected chi connectivity index (χ0v) is 20.7. The minimum Gasteiger partial charge on any atom is -0.454 e. The number of benzene rings is 1. The van der Waals surface area contributed by atoms with Crippen LogP contribution in [0.1, 0.15) is 58.8 Å². The summed E-state index contributed by atoms with van der Waals surface area (Å²) in [5.74, 6) is -2.13. The Hall–Kier alpha value is -3.36. The zero-order chi connectivity index (χ0) is 25.4. The van der Waals surface area contributed by atoms with E-state index in [1.54, 1.807) is 18.2 Å². The first kappa shape index (κ1) is 24.3. The summed E-state index contributed by atoms with van der Waals surface area (Å²) in [6, 6.07) is 4.11. The molecule has 2 fully saturated rings. The van der Waals surface area contributed by atoms with Crippen LogP contribution in [0.25, 0.3) is 0 Å². The normalized spacial score (nSPS) is 24.4. The van der Waals surface area contributed by atoms with E-state index >= 15 is 0 Å². The van der Waals surface area contributed by atoms with E-state index in [-0.39, 0.29) is 24.2 Å². The molecule has 36 heavy (non-hydrogen) atoms. The largest absolute Gasteiger partial charge is 0.454 e. The van der Waals surface area contributed by atoms with Gasteiger partial charge in [-0.3, -0.25) is 19.3 Å². The third-order valence-corrected chi connectivity index (χ3v) is 7.35. The molecule has 0 radical (unpaired) electrons. The molecule has 1 aromatic rings. The first-order chi connectivity index (χ1) is 17.3. The molecular formula is C27H32N2O7. The van der Waals surface area contributed by atoms with Gasteiger partial charge in [-0.25, -0.2) is 4.79 Å². The molecule has 1 aromatic carbocycles. The standard InChI is InChI=1S/C27H32N2O7/c1-16(2)13-20(29-24(31)18-7-3-4-8-19(18)25(29)32)26(33)34-15-23(30)28-17-9-10-21-22(14-17)36-27(35-21)11-5-6-12-27/h3-4,9-10,14,16,18-20H,5-8,11-13,15H2,1-2H3,(H,28,30). The molecule has 4 aliphatic rings. The smallest absolute Gasteiger partial charge is 0.329 e. The van der Waals surface area contributed by atoms with Gasteiger partial charge in [0.2, 0.25) is 11.8 Å². The Labute approximate surface area is 210 Å². The number of amides is 3. The molecule has 3 unspecified atom stereocenters. The molecular weight excluding hydrogens is 464 g/mol. The van der Waals surface area contributed by atoms with Crippen LogP contribution in [0.4, 0.5) is 5.69 Å². The van der Waals surface area contributed by atoms with Crippen molar-refractivity contribution in [2.45, 2.75) is 70.6 Å². The summed E-state index contributed by atoms with van der Waals surface area (Å²) >= 11 is 0. The van der Waals surface area contributed by atoms with Crippen LogP contribution in [0.3, 0.4) is 0 Å². The number of allylic oxidation sites excluding steroid dienone is 2. The van der Waals surface area contributed by atoms with Gasteiger partial charge in [0, 0.05) is 24.6 Å². The Bertz CT molecular complexity index is 1080. The lowest BCUT2D eigenvalue weighted by molar-refractivity contribution is -0.160. The third kappa shape index (κ3) is 4.58. The summed E-state index contributed by atoms with van der Waals surface area (Å²) in [5.41, 5.74) is 0.494. The lowest BCUT2D eigenvalue weighted by Gasteiger charge is -2.26. The van der Waals surface area contributed by atoms with Gasteiger partial charge in [0.15, 0.2) is 18.1 Å². The summed E-state index contributed by atoms with van der Waals surface area (Å²) < 4.78 is 17.3. The highest BCUT2D eigenvalue weighted by molar-refractivity contribution is 6.08. The second-order valence-corrected chi connectivity index (χ2v) is 10.5. The van der Waals surface area contributed by atoms with Crippen LogP contribution in [0.5, 0.6) is 11.5 Å². The SMILES string of the molecule is CC(C)CC(C(=O)OCC(=O)Nc1ccc2c(c1)OC1(CCCC1)O2)N1C(=O)C2CC=CCC2C1=O. The summed E-state index contributed by atoms with van der Waals surface area (Å²) in [5, 5.41) is 2.71. The van der Waals surface area contributed by atoms with Crippen LogP contribution in [0.2, 0.25) is 0 Å². The fraction of sp³-hybridized carbons (Fsp3) is 0.556. The van der Waals surface area contributed by atoms with Crippen LogP contribution in [0, 0.1) is 17.8 Å². The lowest BCUT2D eigenvalue weighted by Crippen LogP contribution is -2.47. The molecule has 3 atom stereocenters. The van der Waals surface area contributed by atoms with Crippen molar-refractivity contribution in [2.75, 3.05) is 11.9 Å². The van der Waals surface area contributed by atoms with E-state index in [0.717, 1.165) is 30.6 Å². The molecule has 192 valence electrons. The number of hydrogen-bond acceptors (Lipinski definition) is 7. The Kier molecular flexibility index (Phi) is 6.49. The number of hydrogen-bond donors (Lipinski definition) is 1. The molecule has 9 heteroatoms.